The molecule has 0 saturated heterocycles. The minimum absolute atomic E-state index is 0.0688. The molecule has 0 fully saturated rings. The monoisotopic (exact) mass is 496 g/mol. The van der Waals surface area contributed by atoms with Gasteiger partial charge in [0.15, 0.2) is 0 Å². The summed E-state index contributed by atoms with van der Waals surface area (Å²) in [5.74, 6) is -37.4. The Labute approximate surface area is 166 Å². The lowest BCUT2D eigenvalue weighted by Crippen LogP contribution is -2.70. The highest BCUT2D eigenvalue weighted by molar-refractivity contribution is 5.10. The van der Waals surface area contributed by atoms with Gasteiger partial charge in [0.1, 0.15) is 12.7 Å². The smallest absolute Gasteiger partial charge is 0.379 e. The molecule has 0 heterocycles. The number of hydrogen-bond donors (Lipinski definition) is 1. The van der Waals surface area contributed by atoms with Gasteiger partial charge in [0.2, 0.25) is 0 Å². The first-order chi connectivity index (χ1) is 13.7. The lowest BCUT2D eigenvalue weighted by molar-refractivity contribution is -0.441. The van der Waals surface area contributed by atoms with Crippen molar-refractivity contribution in [3.05, 3.63) is 0 Å². The topological polar surface area (TPSA) is 47.9 Å². The molecular formula is C14H17F13O4. The Hall–Kier alpha value is -1.07. The van der Waals surface area contributed by atoms with Crippen LogP contribution in [-0.2, 0) is 14.4 Å². The highest BCUT2D eigenvalue weighted by atomic mass is 19.4. The third kappa shape index (κ3) is 6.04. The SMILES string of the molecule is CCCCOCC(COCC(F)(F)C(F)(F)C(F)(F)C(F)(F)C(F)(F)C(F)(F)F)OO. The van der Waals surface area contributed by atoms with Crippen molar-refractivity contribution >= 4 is 0 Å². The molecule has 0 spiro atoms. The number of halogens is 13. The fourth-order valence-corrected chi connectivity index (χ4v) is 1.78. The number of rotatable bonds is 14. The summed E-state index contributed by atoms with van der Waals surface area (Å²) in [4.78, 5) is 3.66. The average molecular weight is 496 g/mol. The van der Waals surface area contributed by atoms with E-state index in [0.29, 0.717) is 12.8 Å². The van der Waals surface area contributed by atoms with Crippen molar-refractivity contribution in [2.75, 3.05) is 26.4 Å². The van der Waals surface area contributed by atoms with Crippen molar-refractivity contribution in [1.82, 2.24) is 0 Å². The molecule has 0 radical (unpaired) electrons. The molecule has 4 nitrogen and oxygen atoms in total. The maximum absolute atomic E-state index is 13.5. The molecule has 31 heavy (non-hydrogen) atoms. The second kappa shape index (κ2) is 10.2. The van der Waals surface area contributed by atoms with Gasteiger partial charge in [-0.2, -0.15) is 57.1 Å². The molecule has 0 aliphatic carbocycles. The summed E-state index contributed by atoms with van der Waals surface area (Å²) in [6.07, 6.45) is -7.97. The predicted molar refractivity (Wildman–Crippen MR) is 74.8 cm³/mol. The molecule has 0 saturated carbocycles. The second-order valence-electron chi connectivity index (χ2n) is 6.17. The molecule has 0 amide bonds. The van der Waals surface area contributed by atoms with E-state index >= 15 is 0 Å². The van der Waals surface area contributed by atoms with Crippen molar-refractivity contribution in [3.63, 3.8) is 0 Å². The van der Waals surface area contributed by atoms with Crippen molar-refractivity contribution in [2.45, 2.75) is 61.7 Å². The summed E-state index contributed by atoms with van der Waals surface area (Å²) in [6.45, 7) is -2.85. The Morgan fingerprint density at radius 2 is 1.13 bits per heavy atom. The minimum Gasteiger partial charge on any atom is -0.379 e. The normalized spacial score (nSPS) is 16.0. The molecule has 0 aromatic heterocycles. The van der Waals surface area contributed by atoms with Crippen LogP contribution in [0.5, 0.6) is 0 Å². The van der Waals surface area contributed by atoms with E-state index in [1.807, 2.05) is 0 Å². The summed E-state index contributed by atoms with van der Waals surface area (Å²) in [7, 11) is 0. The van der Waals surface area contributed by atoms with Crippen LogP contribution in [0.15, 0.2) is 0 Å². The number of hydrogen-bond acceptors (Lipinski definition) is 4. The first kappa shape index (κ1) is 29.9. The Bertz CT molecular complexity index is 551. The molecule has 0 rings (SSSR count). The highest BCUT2D eigenvalue weighted by Gasteiger charge is 2.90. The van der Waals surface area contributed by atoms with Gasteiger partial charge in [0.05, 0.1) is 13.2 Å². The lowest BCUT2D eigenvalue weighted by atomic mass is 9.94. The van der Waals surface area contributed by atoms with Crippen LogP contribution in [0.25, 0.3) is 0 Å². The molecule has 0 bridgehead atoms. The molecule has 1 N–H and O–H groups in total. The molecule has 0 aromatic carbocycles. The van der Waals surface area contributed by atoms with Crippen LogP contribution in [-0.4, -0.2) is 73.6 Å². The van der Waals surface area contributed by atoms with E-state index in [-0.39, 0.29) is 6.61 Å². The molecule has 0 aliphatic heterocycles. The Morgan fingerprint density at radius 3 is 1.55 bits per heavy atom. The van der Waals surface area contributed by atoms with Gasteiger partial charge in [-0.05, 0) is 6.42 Å². The van der Waals surface area contributed by atoms with Crippen molar-refractivity contribution < 1.29 is 76.7 Å². The molecule has 1 unspecified atom stereocenters. The predicted octanol–water partition coefficient (Wildman–Crippen LogP) is 5.42. The van der Waals surface area contributed by atoms with Gasteiger partial charge in [0, 0.05) is 6.61 Å². The maximum atomic E-state index is 13.5. The minimum atomic E-state index is -7.96. The van der Waals surface area contributed by atoms with E-state index in [9.17, 15) is 57.1 Å². The zero-order valence-corrected chi connectivity index (χ0v) is 15.4. The van der Waals surface area contributed by atoms with Crippen LogP contribution in [0.3, 0.4) is 0 Å². The van der Waals surface area contributed by atoms with E-state index in [1.165, 1.54) is 0 Å². The summed E-state index contributed by atoms with van der Waals surface area (Å²) < 4.78 is 176. The fraction of sp³-hybridized carbons (Fsp3) is 1.00. The van der Waals surface area contributed by atoms with Gasteiger partial charge < -0.3 is 9.47 Å². The van der Waals surface area contributed by atoms with Gasteiger partial charge in [-0.3, -0.25) is 5.26 Å². The first-order valence-electron chi connectivity index (χ1n) is 8.16. The van der Waals surface area contributed by atoms with Crippen LogP contribution in [0.2, 0.25) is 0 Å². The Kier molecular flexibility index (Phi) is 9.89. The summed E-state index contributed by atoms with van der Waals surface area (Å²) in [5.41, 5.74) is 0. The van der Waals surface area contributed by atoms with Gasteiger partial charge in [-0.1, -0.05) is 13.3 Å². The van der Waals surface area contributed by atoms with E-state index in [1.54, 1.807) is 6.92 Å². The van der Waals surface area contributed by atoms with Gasteiger partial charge in [-0.15, -0.1) is 0 Å². The molecule has 0 aliphatic rings. The van der Waals surface area contributed by atoms with Crippen molar-refractivity contribution in [3.8, 4) is 0 Å². The van der Waals surface area contributed by atoms with E-state index in [4.69, 9.17) is 9.99 Å². The molecule has 17 heteroatoms. The standard InChI is InChI=1S/C14H17F13O4/c1-2-3-4-29-5-8(31-28)6-30-7-9(15,16)10(17,18)11(19,20)12(21,22)13(23,24)14(25,26)27/h8,28H,2-7H2,1H3. The third-order valence-corrected chi connectivity index (χ3v) is 3.68. The van der Waals surface area contributed by atoms with E-state index in [0.717, 1.165) is 0 Å². The fourth-order valence-electron chi connectivity index (χ4n) is 1.78. The number of alkyl halides is 13. The zero-order chi connectivity index (χ0) is 24.9. The van der Waals surface area contributed by atoms with Crippen LogP contribution < -0.4 is 0 Å². The summed E-state index contributed by atoms with van der Waals surface area (Å²) >= 11 is 0. The summed E-state index contributed by atoms with van der Waals surface area (Å²) in [5, 5.41) is 8.47. The summed E-state index contributed by atoms with van der Waals surface area (Å²) in [6, 6.07) is 0. The van der Waals surface area contributed by atoms with Crippen molar-refractivity contribution in [2.24, 2.45) is 0 Å². The van der Waals surface area contributed by atoms with Crippen molar-refractivity contribution in [1.29, 1.82) is 0 Å². The van der Waals surface area contributed by atoms with Gasteiger partial charge >= 0.3 is 35.8 Å². The maximum Gasteiger partial charge on any atom is 0.460 e. The largest absolute Gasteiger partial charge is 0.460 e. The van der Waals surface area contributed by atoms with Gasteiger partial charge in [0.25, 0.3) is 0 Å². The second-order valence-corrected chi connectivity index (χ2v) is 6.17. The highest BCUT2D eigenvalue weighted by Crippen LogP contribution is 2.60. The lowest BCUT2D eigenvalue weighted by Gasteiger charge is -2.39. The molecule has 188 valence electrons. The number of ether oxygens (including phenoxy) is 2. The third-order valence-electron chi connectivity index (χ3n) is 3.68. The van der Waals surface area contributed by atoms with E-state index in [2.05, 4.69) is 9.62 Å². The Morgan fingerprint density at radius 1 is 0.677 bits per heavy atom. The number of unbranched alkanes of at least 4 members (excludes halogenated alkanes) is 1. The first-order valence-corrected chi connectivity index (χ1v) is 8.16. The zero-order valence-electron chi connectivity index (χ0n) is 15.4. The van der Waals surface area contributed by atoms with Crippen LogP contribution >= 0.6 is 0 Å². The average Bonchev–Trinajstić information content (AvgIpc) is 2.61. The quantitative estimate of drug-likeness (QED) is 0.151. The van der Waals surface area contributed by atoms with E-state index < -0.39 is 61.7 Å². The molecule has 0 aromatic rings. The molecular weight excluding hydrogens is 479 g/mol. The van der Waals surface area contributed by atoms with Crippen LogP contribution in [0.4, 0.5) is 57.1 Å². The van der Waals surface area contributed by atoms with Crippen LogP contribution in [0, 0.1) is 0 Å². The molecule has 1 atom stereocenters. The van der Waals surface area contributed by atoms with Gasteiger partial charge in [-0.25, -0.2) is 4.89 Å². The van der Waals surface area contributed by atoms with Crippen LogP contribution in [0.1, 0.15) is 19.8 Å². The Balaban J connectivity index is 5.40.